The van der Waals surface area contributed by atoms with Crippen LogP contribution in [0.25, 0.3) is 0 Å². The van der Waals surface area contributed by atoms with E-state index >= 15 is 0 Å². The summed E-state index contributed by atoms with van der Waals surface area (Å²) in [5.74, 6) is 1.53. The van der Waals surface area contributed by atoms with Crippen LogP contribution >= 0.6 is 0 Å². The van der Waals surface area contributed by atoms with Crippen LogP contribution in [0.15, 0.2) is 36.4 Å². The van der Waals surface area contributed by atoms with E-state index in [0.29, 0.717) is 28.5 Å². The maximum absolute atomic E-state index is 10.7. The van der Waals surface area contributed by atoms with Crippen molar-refractivity contribution in [1.82, 2.24) is 0 Å². The van der Waals surface area contributed by atoms with Crippen LogP contribution in [-0.2, 0) is 0 Å². The van der Waals surface area contributed by atoms with Gasteiger partial charge in [0.1, 0.15) is 5.75 Å². The van der Waals surface area contributed by atoms with Crippen LogP contribution < -0.4 is 15.2 Å². The molecule has 0 amide bonds. The number of methoxy groups -OCH3 is 1. The van der Waals surface area contributed by atoms with Crippen molar-refractivity contribution in [3.8, 4) is 17.2 Å². The average Bonchev–Trinajstić information content (AvgIpc) is 2.42. The first kappa shape index (κ1) is 13.7. The van der Waals surface area contributed by atoms with Gasteiger partial charge in [0.25, 0.3) is 5.69 Å². The highest BCUT2D eigenvalue weighted by atomic mass is 16.6. The van der Waals surface area contributed by atoms with Crippen LogP contribution in [0.5, 0.6) is 17.2 Å². The van der Waals surface area contributed by atoms with Gasteiger partial charge in [0.05, 0.1) is 12.0 Å². The van der Waals surface area contributed by atoms with Crippen LogP contribution in [0.3, 0.4) is 0 Å². The molecule has 0 saturated heterocycles. The fourth-order valence-corrected chi connectivity index (χ4v) is 1.75. The minimum Gasteiger partial charge on any atom is -0.493 e. The number of ether oxygens (including phenoxy) is 2. The molecule has 6 heteroatoms. The number of anilines is 1. The van der Waals surface area contributed by atoms with Crippen molar-refractivity contribution in [2.24, 2.45) is 0 Å². The van der Waals surface area contributed by atoms with Gasteiger partial charge in [-0.3, -0.25) is 10.1 Å². The molecule has 2 N–H and O–H groups in total. The molecule has 0 bridgehead atoms. The maximum atomic E-state index is 10.7. The molecular weight excluding hydrogens is 260 g/mol. The van der Waals surface area contributed by atoms with Crippen molar-refractivity contribution < 1.29 is 14.4 Å². The number of rotatable bonds is 4. The lowest BCUT2D eigenvalue weighted by molar-refractivity contribution is -0.384. The van der Waals surface area contributed by atoms with E-state index < -0.39 is 4.92 Å². The van der Waals surface area contributed by atoms with Gasteiger partial charge in [-0.2, -0.15) is 0 Å². The van der Waals surface area contributed by atoms with Crippen LogP contribution in [0.4, 0.5) is 11.4 Å². The van der Waals surface area contributed by atoms with E-state index in [9.17, 15) is 10.1 Å². The minimum atomic E-state index is -0.444. The first-order valence-corrected chi connectivity index (χ1v) is 5.87. The van der Waals surface area contributed by atoms with Crippen molar-refractivity contribution in [3.05, 3.63) is 52.1 Å². The van der Waals surface area contributed by atoms with E-state index in [-0.39, 0.29) is 5.69 Å². The Morgan fingerprint density at radius 2 is 1.80 bits per heavy atom. The fourth-order valence-electron chi connectivity index (χ4n) is 1.75. The summed E-state index contributed by atoms with van der Waals surface area (Å²) in [4.78, 5) is 10.2. The number of benzene rings is 2. The third-order valence-electron chi connectivity index (χ3n) is 2.78. The van der Waals surface area contributed by atoms with Gasteiger partial charge in [-0.25, -0.2) is 0 Å². The molecule has 0 aliphatic rings. The van der Waals surface area contributed by atoms with Crippen molar-refractivity contribution in [1.29, 1.82) is 0 Å². The van der Waals surface area contributed by atoms with Crippen LogP contribution in [0, 0.1) is 17.0 Å². The summed E-state index contributed by atoms with van der Waals surface area (Å²) in [7, 11) is 1.52. The molecule has 0 fully saturated rings. The van der Waals surface area contributed by atoms with E-state index in [1.807, 2.05) is 0 Å². The number of nitrogens with zero attached hydrogens (tertiary/aromatic N) is 1. The van der Waals surface area contributed by atoms with Crippen molar-refractivity contribution in [2.75, 3.05) is 12.8 Å². The van der Waals surface area contributed by atoms with Gasteiger partial charge in [-0.05, 0) is 30.7 Å². The molecule has 2 rings (SSSR count). The van der Waals surface area contributed by atoms with E-state index in [1.54, 1.807) is 31.2 Å². The highest BCUT2D eigenvalue weighted by Crippen LogP contribution is 2.35. The minimum absolute atomic E-state index is 0.0270. The summed E-state index contributed by atoms with van der Waals surface area (Å²) in [6.45, 7) is 1.74. The number of hydrogen-bond donors (Lipinski definition) is 1. The Balaban J connectivity index is 2.33. The van der Waals surface area contributed by atoms with E-state index in [2.05, 4.69) is 0 Å². The van der Waals surface area contributed by atoms with E-state index in [1.165, 1.54) is 19.2 Å². The Morgan fingerprint density at radius 3 is 2.40 bits per heavy atom. The lowest BCUT2D eigenvalue weighted by Crippen LogP contribution is -1.95. The molecule has 0 saturated carbocycles. The normalized spacial score (nSPS) is 10.1. The molecule has 0 atom stereocenters. The lowest BCUT2D eigenvalue weighted by Gasteiger charge is -2.12. The molecule has 0 aliphatic heterocycles. The van der Waals surface area contributed by atoms with Gasteiger partial charge >= 0.3 is 0 Å². The standard InChI is InChI=1S/C14H14N2O4/c1-9-7-11(16(17)18)4-6-12(9)20-13-5-3-10(15)8-14(13)19-2/h3-8H,15H2,1-2H3. The van der Waals surface area contributed by atoms with Gasteiger partial charge < -0.3 is 15.2 Å². The quantitative estimate of drug-likeness (QED) is 0.525. The van der Waals surface area contributed by atoms with Crippen molar-refractivity contribution in [3.63, 3.8) is 0 Å². The summed E-state index contributed by atoms with van der Waals surface area (Å²) in [5, 5.41) is 10.7. The number of non-ortho nitro benzene ring substituents is 1. The molecule has 0 heterocycles. The summed E-state index contributed by atoms with van der Waals surface area (Å²) in [5.41, 5.74) is 6.93. The maximum Gasteiger partial charge on any atom is 0.269 e. The first-order valence-electron chi connectivity index (χ1n) is 5.87. The molecule has 2 aromatic rings. The SMILES string of the molecule is COc1cc(N)ccc1Oc1ccc([N+](=O)[O-])cc1C. The number of nitrogens with two attached hydrogens (primary N) is 1. The van der Waals surface area contributed by atoms with Gasteiger partial charge in [-0.1, -0.05) is 0 Å². The summed E-state index contributed by atoms with van der Waals surface area (Å²) < 4.78 is 10.9. The Morgan fingerprint density at radius 1 is 1.10 bits per heavy atom. The molecule has 2 aromatic carbocycles. The zero-order valence-corrected chi connectivity index (χ0v) is 11.1. The van der Waals surface area contributed by atoms with E-state index in [0.717, 1.165) is 0 Å². The van der Waals surface area contributed by atoms with Gasteiger partial charge in [0.2, 0.25) is 0 Å². The molecule has 0 radical (unpaired) electrons. The summed E-state index contributed by atoms with van der Waals surface area (Å²) in [6, 6.07) is 9.44. The second-order valence-electron chi connectivity index (χ2n) is 4.22. The number of nitrogen functional groups attached to an aromatic ring is 1. The highest BCUT2D eigenvalue weighted by Gasteiger charge is 2.11. The molecule has 104 valence electrons. The smallest absolute Gasteiger partial charge is 0.269 e. The third kappa shape index (κ3) is 2.80. The molecule has 6 nitrogen and oxygen atoms in total. The summed E-state index contributed by atoms with van der Waals surface area (Å²) in [6.07, 6.45) is 0. The van der Waals surface area contributed by atoms with Crippen LogP contribution in [0.2, 0.25) is 0 Å². The number of nitro benzene ring substituents is 1. The third-order valence-corrected chi connectivity index (χ3v) is 2.78. The van der Waals surface area contributed by atoms with Crippen molar-refractivity contribution >= 4 is 11.4 Å². The number of aryl methyl sites for hydroxylation is 1. The van der Waals surface area contributed by atoms with Crippen LogP contribution in [0.1, 0.15) is 5.56 Å². The Hall–Kier alpha value is -2.76. The number of nitro groups is 1. The van der Waals surface area contributed by atoms with Gasteiger partial charge in [0.15, 0.2) is 11.5 Å². The molecule has 0 aromatic heterocycles. The Bertz CT molecular complexity index is 656. The fraction of sp³-hybridized carbons (Fsp3) is 0.143. The molecule has 0 aliphatic carbocycles. The van der Waals surface area contributed by atoms with Crippen LogP contribution in [-0.4, -0.2) is 12.0 Å². The average molecular weight is 274 g/mol. The zero-order chi connectivity index (χ0) is 14.7. The molecular formula is C14H14N2O4. The van der Waals surface area contributed by atoms with Gasteiger partial charge in [-0.15, -0.1) is 0 Å². The van der Waals surface area contributed by atoms with Gasteiger partial charge in [0, 0.05) is 23.9 Å². The zero-order valence-electron chi connectivity index (χ0n) is 11.1. The largest absolute Gasteiger partial charge is 0.493 e. The second-order valence-corrected chi connectivity index (χ2v) is 4.22. The highest BCUT2D eigenvalue weighted by molar-refractivity contribution is 5.54. The topological polar surface area (TPSA) is 87.6 Å². The molecule has 20 heavy (non-hydrogen) atoms. The summed E-state index contributed by atoms with van der Waals surface area (Å²) >= 11 is 0. The monoisotopic (exact) mass is 274 g/mol. The number of hydrogen-bond acceptors (Lipinski definition) is 5. The second kappa shape index (κ2) is 5.48. The molecule has 0 unspecified atom stereocenters. The lowest BCUT2D eigenvalue weighted by atomic mass is 10.2. The molecule has 0 spiro atoms. The predicted octanol–water partition coefficient (Wildman–Crippen LogP) is 3.29. The first-order chi connectivity index (χ1) is 9.51. The Kier molecular flexibility index (Phi) is 3.74. The van der Waals surface area contributed by atoms with Crippen molar-refractivity contribution in [2.45, 2.75) is 6.92 Å². The Labute approximate surface area is 115 Å². The predicted molar refractivity (Wildman–Crippen MR) is 75.3 cm³/mol. The van der Waals surface area contributed by atoms with E-state index in [4.69, 9.17) is 15.2 Å².